The van der Waals surface area contributed by atoms with E-state index in [2.05, 4.69) is 5.32 Å². The van der Waals surface area contributed by atoms with Gasteiger partial charge in [-0.25, -0.2) is 0 Å². The maximum absolute atomic E-state index is 14.0. The third-order valence-electron chi connectivity index (χ3n) is 7.15. The summed E-state index contributed by atoms with van der Waals surface area (Å²) in [4.78, 5) is 40.1. The summed E-state index contributed by atoms with van der Waals surface area (Å²) in [6.07, 6.45) is 3.20. The lowest BCUT2D eigenvalue weighted by Gasteiger charge is -2.47. The Morgan fingerprint density at radius 2 is 1.62 bits per heavy atom. The van der Waals surface area contributed by atoms with Crippen LogP contribution in [0.5, 0.6) is 0 Å². The van der Waals surface area contributed by atoms with E-state index in [0.717, 1.165) is 23.0 Å². The van der Waals surface area contributed by atoms with Crippen LogP contribution < -0.4 is 5.32 Å². The van der Waals surface area contributed by atoms with Crippen LogP contribution in [-0.2, 0) is 31.0 Å². The lowest BCUT2D eigenvalue weighted by molar-refractivity contribution is -0.154. The van der Waals surface area contributed by atoms with Gasteiger partial charge in [-0.3, -0.25) is 14.4 Å². The molecule has 1 aliphatic heterocycles. The number of nitrogens with one attached hydrogen (secondary N) is 1. The van der Waals surface area contributed by atoms with E-state index >= 15 is 0 Å². The van der Waals surface area contributed by atoms with Gasteiger partial charge in [0.25, 0.3) is 0 Å². The zero-order valence-corrected chi connectivity index (χ0v) is 18.8. The number of methoxy groups -OCH3 is 1. The minimum atomic E-state index is -1.32. The Hall–Kier alpha value is -3.99. The van der Waals surface area contributed by atoms with Gasteiger partial charge in [0, 0.05) is 11.6 Å². The first-order valence-corrected chi connectivity index (χ1v) is 11.4. The largest absolute Gasteiger partial charge is 0.469 e. The second kappa shape index (κ2) is 8.75. The van der Waals surface area contributed by atoms with Gasteiger partial charge < -0.3 is 10.1 Å². The molecule has 1 heterocycles. The first-order chi connectivity index (χ1) is 16.6. The standard InChI is InChI=1S/C29H25NO4/c1-34-27(32)26-21(16-19-10-4-2-5-11-19)17-22(18-31)25(20-12-6-3-7-13-20)29(26)23-14-8-9-15-24(23)30-28(29)33/h2-15,17-18,21,25-26H,16H2,1H3,(H,30,33)/t21-,25+,26-,29-/m1/s1. The number of hydrogen-bond donors (Lipinski definition) is 1. The summed E-state index contributed by atoms with van der Waals surface area (Å²) in [6.45, 7) is 0. The van der Waals surface area contributed by atoms with E-state index in [1.54, 1.807) is 0 Å². The summed E-state index contributed by atoms with van der Waals surface area (Å²) in [5, 5.41) is 3.01. The van der Waals surface area contributed by atoms with Gasteiger partial charge in [0.05, 0.1) is 13.0 Å². The molecule has 0 bridgehead atoms. The SMILES string of the molecule is COC(=O)[C@H]1[C@H](Cc2ccccc2)C=C(C=O)[C@H](c2ccccc2)[C@@]12C(=O)Nc1ccccc12. The molecule has 5 heteroatoms. The van der Waals surface area contributed by atoms with E-state index in [0.29, 0.717) is 17.7 Å². The molecule has 0 saturated heterocycles. The van der Waals surface area contributed by atoms with E-state index in [4.69, 9.17) is 4.74 Å². The average molecular weight is 452 g/mol. The van der Waals surface area contributed by atoms with Crippen molar-refractivity contribution in [2.75, 3.05) is 12.4 Å². The van der Waals surface area contributed by atoms with Crippen LogP contribution in [0.15, 0.2) is 96.6 Å². The number of fused-ring (bicyclic) bond motifs is 2. The topological polar surface area (TPSA) is 72.5 Å². The quantitative estimate of drug-likeness (QED) is 0.460. The highest BCUT2D eigenvalue weighted by Crippen LogP contribution is 2.59. The molecule has 0 radical (unpaired) electrons. The van der Waals surface area contributed by atoms with Gasteiger partial charge in [-0.05, 0) is 40.7 Å². The molecule has 1 aliphatic carbocycles. The van der Waals surface area contributed by atoms with Gasteiger partial charge in [-0.2, -0.15) is 0 Å². The van der Waals surface area contributed by atoms with Crippen LogP contribution in [0, 0.1) is 11.8 Å². The number of amides is 1. The second-order valence-electron chi connectivity index (χ2n) is 8.85. The number of ether oxygens (including phenoxy) is 1. The lowest BCUT2D eigenvalue weighted by atomic mass is 9.52. The Bertz CT molecular complexity index is 1270. The van der Waals surface area contributed by atoms with Gasteiger partial charge in [0.2, 0.25) is 5.91 Å². The highest BCUT2D eigenvalue weighted by Gasteiger charge is 2.64. The third kappa shape index (κ3) is 3.27. The lowest BCUT2D eigenvalue weighted by Crippen LogP contribution is -2.55. The molecule has 4 atom stereocenters. The number of para-hydroxylation sites is 1. The normalized spacial score (nSPS) is 25.3. The Labute approximate surface area is 198 Å². The van der Waals surface area contributed by atoms with Crippen LogP contribution in [0.2, 0.25) is 0 Å². The molecule has 1 N–H and O–H groups in total. The fourth-order valence-corrected chi connectivity index (χ4v) is 5.87. The van der Waals surface area contributed by atoms with Gasteiger partial charge in [-0.15, -0.1) is 0 Å². The maximum atomic E-state index is 14.0. The highest BCUT2D eigenvalue weighted by molar-refractivity contribution is 6.11. The van der Waals surface area contributed by atoms with Gasteiger partial charge in [0.15, 0.2) is 0 Å². The molecular formula is C29H25NO4. The molecule has 3 aromatic rings. The number of allylic oxidation sites excluding steroid dienone is 2. The predicted octanol–water partition coefficient (Wildman–Crippen LogP) is 4.45. The number of carbonyl (C=O) groups is 3. The predicted molar refractivity (Wildman–Crippen MR) is 129 cm³/mol. The number of aldehydes is 1. The van der Waals surface area contributed by atoms with Crippen molar-refractivity contribution < 1.29 is 19.1 Å². The van der Waals surface area contributed by atoms with E-state index in [9.17, 15) is 14.4 Å². The average Bonchev–Trinajstić information content (AvgIpc) is 3.16. The zero-order valence-electron chi connectivity index (χ0n) is 18.8. The highest BCUT2D eigenvalue weighted by atomic mass is 16.5. The Balaban J connectivity index is 1.82. The minimum Gasteiger partial charge on any atom is -0.469 e. The number of benzene rings is 3. The Kier molecular flexibility index (Phi) is 5.62. The molecule has 34 heavy (non-hydrogen) atoms. The molecule has 0 saturated carbocycles. The summed E-state index contributed by atoms with van der Waals surface area (Å²) in [7, 11) is 1.35. The first-order valence-electron chi connectivity index (χ1n) is 11.4. The fraction of sp³-hybridized carbons (Fsp3) is 0.207. The van der Waals surface area contributed by atoms with E-state index in [1.807, 2.05) is 91.0 Å². The maximum Gasteiger partial charge on any atom is 0.310 e. The molecule has 0 aromatic heterocycles. The summed E-state index contributed by atoms with van der Waals surface area (Å²) < 4.78 is 5.32. The molecule has 3 aromatic carbocycles. The van der Waals surface area contributed by atoms with Crippen molar-refractivity contribution in [1.29, 1.82) is 0 Å². The molecule has 5 nitrogen and oxygen atoms in total. The Morgan fingerprint density at radius 3 is 2.29 bits per heavy atom. The number of anilines is 1. The van der Waals surface area contributed by atoms with Crippen molar-refractivity contribution >= 4 is 23.9 Å². The molecule has 0 fully saturated rings. The monoisotopic (exact) mass is 451 g/mol. The van der Waals surface area contributed by atoms with Crippen molar-refractivity contribution in [3.63, 3.8) is 0 Å². The summed E-state index contributed by atoms with van der Waals surface area (Å²) in [5.74, 6) is -2.62. The van der Waals surface area contributed by atoms with Gasteiger partial charge in [-0.1, -0.05) is 84.9 Å². The van der Waals surface area contributed by atoms with Gasteiger partial charge >= 0.3 is 5.97 Å². The van der Waals surface area contributed by atoms with Crippen molar-refractivity contribution in [2.24, 2.45) is 11.8 Å². The van der Waals surface area contributed by atoms with E-state index < -0.39 is 29.1 Å². The van der Waals surface area contributed by atoms with Crippen LogP contribution in [-0.4, -0.2) is 25.3 Å². The molecule has 2 aliphatic rings. The number of rotatable bonds is 5. The smallest absolute Gasteiger partial charge is 0.310 e. The first kappa shape index (κ1) is 21.8. The summed E-state index contributed by atoms with van der Waals surface area (Å²) >= 11 is 0. The van der Waals surface area contributed by atoms with Crippen LogP contribution >= 0.6 is 0 Å². The molecule has 0 unspecified atom stereocenters. The van der Waals surface area contributed by atoms with Crippen molar-refractivity contribution in [3.05, 3.63) is 113 Å². The molecule has 170 valence electrons. The van der Waals surface area contributed by atoms with Crippen LogP contribution in [0.4, 0.5) is 5.69 Å². The van der Waals surface area contributed by atoms with Crippen molar-refractivity contribution in [1.82, 2.24) is 0 Å². The number of hydrogen-bond acceptors (Lipinski definition) is 4. The summed E-state index contributed by atoms with van der Waals surface area (Å²) in [5.41, 5.74) is 2.37. The van der Waals surface area contributed by atoms with Crippen molar-refractivity contribution in [3.8, 4) is 0 Å². The Morgan fingerprint density at radius 1 is 0.971 bits per heavy atom. The van der Waals surface area contributed by atoms with Crippen LogP contribution in [0.25, 0.3) is 0 Å². The van der Waals surface area contributed by atoms with Crippen molar-refractivity contribution in [2.45, 2.75) is 17.8 Å². The second-order valence-corrected chi connectivity index (χ2v) is 8.85. The molecular weight excluding hydrogens is 426 g/mol. The summed E-state index contributed by atoms with van der Waals surface area (Å²) in [6, 6.07) is 26.7. The fourth-order valence-electron chi connectivity index (χ4n) is 5.87. The number of carbonyl (C=O) groups excluding carboxylic acids is 3. The van der Waals surface area contributed by atoms with Gasteiger partial charge in [0.1, 0.15) is 11.7 Å². The number of esters is 1. The minimum absolute atomic E-state index is 0.288. The third-order valence-corrected chi connectivity index (χ3v) is 7.15. The van der Waals surface area contributed by atoms with E-state index in [1.165, 1.54) is 7.11 Å². The zero-order chi connectivity index (χ0) is 23.7. The van der Waals surface area contributed by atoms with E-state index in [-0.39, 0.29) is 5.91 Å². The molecule has 1 amide bonds. The molecule has 5 rings (SSSR count). The van der Waals surface area contributed by atoms with Crippen LogP contribution in [0.3, 0.4) is 0 Å². The van der Waals surface area contributed by atoms with Crippen LogP contribution in [0.1, 0.15) is 22.6 Å². The molecule has 1 spiro atoms.